The topological polar surface area (TPSA) is 80.5 Å². The number of primary amides is 1. The fourth-order valence-corrected chi connectivity index (χ4v) is 3.81. The van der Waals surface area contributed by atoms with Gasteiger partial charge in [-0.05, 0) is 37.0 Å². The van der Waals surface area contributed by atoms with Crippen molar-refractivity contribution in [2.24, 2.45) is 11.7 Å². The van der Waals surface area contributed by atoms with E-state index in [0.29, 0.717) is 25.5 Å². The van der Waals surface area contributed by atoms with Gasteiger partial charge < -0.3 is 10.6 Å². The van der Waals surface area contributed by atoms with Crippen LogP contribution < -0.4 is 10.6 Å². The maximum atomic E-state index is 13.4. The molecule has 1 aromatic rings. The molecule has 1 heterocycles. The molecule has 0 bridgehead atoms. The number of nitrogens with two attached hydrogens (primary N) is 1. The number of halogens is 4. The zero-order valence-electron chi connectivity index (χ0n) is 12.5. The Kier molecular flexibility index (Phi) is 5.07. The lowest BCUT2D eigenvalue weighted by atomic mass is 9.94. The van der Waals surface area contributed by atoms with Crippen molar-refractivity contribution >= 4 is 21.4 Å². The zero-order chi connectivity index (χ0) is 18.1. The van der Waals surface area contributed by atoms with Crippen LogP contribution in [-0.4, -0.2) is 32.9 Å². The van der Waals surface area contributed by atoms with Crippen LogP contribution in [0.1, 0.15) is 19.3 Å². The fourth-order valence-electron chi connectivity index (χ4n) is 2.82. The van der Waals surface area contributed by atoms with E-state index in [-0.39, 0.29) is 24.6 Å². The first kappa shape index (κ1) is 18.5. The highest BCUT2D eigenvalue weighted by Crippen LogP contribution is 2.37. The predicted molar refractivity (Wildman–Crippen MR) is 78.4 cm³/mol. The van der Waals surface area contributed by atoms with Crippen molar-refractivity contribution in [2.75, 3.05) is 18.0 Å². The molecule has 0 spiro atoms. The van der Waals surface area contributed by atoms with E-state index in [4.69, 9.17) is 5.73 Å². The quantitative estimate of drug-likeness (QED) is 0.827. The number of carbonyl (C=O) groups is 1. The average Bonchev–Trinajstić information content (AvgIpc) is 2.45. The first-order chi connectivity index (χ1) is 11.0. The average molecular weight is 368 g/mol. The molecule has 1 unspecified atom stereocenters. The number of anilines is 1. The number of hydrogen-bond acceptors (Lipinski definition) is 4. The number of alkyl halides is 3. The Labute approximate surface area is 136 Å². The van der Waals surface area contributed by atoms with Crippen LogP contribution in [-0.2, 0) is 14.6 Å². The number of nitrogens with zero attached hydrogens (tertiary/aromatic N) is 1. The Balaban J connectivity index is 2.42. The van der Waals surface area contributed by atoms with E-state index >= 15 is 0 Å². The molecule has 2 N–H and O–H groups in total. The third kappa shape index (κ3) is 3.80. The number of piperidine rings is 1. The van der Waals surface area contributed by atoms with Crippen molar-refractivity contribution in [1.82, 2.24) is 0 Å². The van der Waals surface area contributed by atoms with Crippen molar-refractivity contribution in [3.05, 3.63) is 24.0 Å². The van der Waals surface area contributed by atoms with Crippen LogP contribution in [0.25, 0.3) is 0 Å². The Morgan fingerprint density at radius 3 is 2.58 bits per heavy atom. The van der Waals surface area contributed by atoms with Crippen LogP contribution in [0.2, 0.25) is 0 Å². The summed E-state index contributed by atoms with van der Waals surface area (Å²) in [7, 11) is -5.69. The van der Waals surface area contributed by atoms with Crippen molar-refractivity contribution in [2.45, 2.75) is 29.7 Å². The summed E-state index contributed by atoms with van der Waals surface area (Å²) in [5.41, 5.74) is -0.618. The van der Waals surface area contributed by atoms with E-state index < -0.39 is 32.0 Å². The molecule has 2 rings (SSSR count). The van der Waals surface area contributed by atoms with Crippen molar-refractivity contribution < 1.29 is 30.8 Å². The Morgan fingerprint density at radius 1 is 1.33 bits per heavy atom. The standard InChI is InChI=1S/C14H16F4N2O3S/c15-10-3-4-11(12(7-10)24(22,23)14(16,17)18)20-5-1-2-9(8-20)6-13(19)21/h3-4,7,9H,1-2,5-6,8H2,(H2,19,21). The molecule has 0 saturated carbocycles. The van der Waals surface area contributed by atoms with Gasteiger partial charge in [0.25, 0.3) is 9.84 Å². The second-order valence-corrected chi connectivity index (χ2v) is 7.60. The molecule has 24 heavy (non-hydrogen) atoms. The van der Waals surface area contributed by atoms with Gasteiger partial charge in [-0.15, -0.1) is 0 Å². The minimum atomic E-state index is -5.69. The number of benzene rings is 1. The highest BCUT2D eigenvalue weighted by atomic mass is 32.2. The molecule has 1 aliphatic heterocycles. The highest BCUT2D eigenvalue weighted by Gasteiger charge is 2.48. The Morgan fingerprint density at radius 2 is 2.00 bits per heavy atom. The van der Waals surface area contributed by atoms with E-state index in [1.165, 1.54) is 4.90 Å². The molecule has 134 valence electrons. The molecule has 1 amide bonds. The van der Waals surface area contributed by atoms with Gasteiger partial charge in [0.2, 0.25) is 5.91 Å². The zero-order valence-corrected chi connectivity index (χ0v) is 13.3. The minimum absolute atomic E-state index is 0.0546. The summed E-state index contributed by atoms with van der Waals surface area (Å²) in [5.74, 6) is -1.81. The van der Waals surface area contributed by atoms with Crippen molar-refractivity contribution in [3.8, 4) is 0 Å². The number of sulfone groups is 1. The minimum Gasteiger partial charge on any atom is -0.370 e. The van der Waals surface area contributed by atoms with Gasteiger partial charge >= 0.3 is 5.51 Å². The largest absolute Gasteiger partial charge is 0.501 e. The Hall–Kier alpha value is -1.84. The van der Waals surface area contributed by atoms with Gasteiger partial charge in [0.1, 0.15) is 10.7 Å². The molecule has 10 heteroatoms. The molecule has 0 aromatic heterocycles. The fraction of sp³-hybridized carbons (Fsp3) is 0.500. The molecule has 0 radical (unpaired) electrons. The summed E-state index contributed by atoms with van der Waals surface area (Å²) in [6.07, 6.45) is 1.27. The van der Waals surface area contributed by atoms with Crippen LogP contribution in [0.4, 0.5) is 23.2 Å². The van der Waals surface area contributed by atoms with Gasteiger partial charge in [-0.3, -0.25) is 4.79 Å². The molecular formula is C14H16F4N2O3S. The normalized spacial score (nSPS) is 19.3. The van der Waals surface area contributed by atoms with Gasteiger partial charge in [-0.1, -0.05) is 0 Å². The lowest BCUT2D eigenvalue weighted by molar-refractivity contribution is -0.118. The van der Waals surface area contributed by atoms with Gasteiger partial charge in [-0.2, -0.15) is 13.2 Å². The lowest BCUT2D eigenvalue weighted by Gasteiger charge is -2.35. The van der Waals surface area contributed by atoms with Crippen LogP contribution in [0.5, 0.6) is 0 Å². The summed E-state index contributed by atoms with van der Waals surface area (Å²) in [6.45, 7) is 0.482. The summed E-state index contributed by atoms with van der Waals surface area (Å²) in [5, 5.41) is 0. The third-order valence-electron chi connectivity index (χ3n) is 3.87. The summed E-state index contributed by atoms with van der Waals surface area (Å²) >= 11 is 0. The highest BCUT2D eigenvalue weighted by molar-refractivity contribution is 7.92. The van der Waals surface area contributed by atoms with Crippen LogP contribution in [0, 0.1) is 11.7 Å². The second kappa shape index (κ2) is 6.58. The molecule has 0 aliphatic carbocycles. The molecule has 1 aromatic carbocycles. The first-order valence-electron chi connectivity index (χ1n) is 7.16. The predicted octanol–water partition coefficient (Wildman–Crippen LogP) is 2.21. The van der Waals surface area contributed by atoms with E-state index in [2.05, 4.69) is 0 Å². The smallest absolute Gasteiger partial charge is 0.370 e. The van der Waals surface area contributed by atoms with Crippen molar-refractivity contribution in [3.63, 3.8) is 0 Å². The van der Waals surface area contributed by atoms with Crippen LogP contribution >= 0.6 is 0 Å². The SMILES string of the molecule is NC(=O)CC1CCCN(c2ccc(F)cc2S(=O)(=O)C(F)(F)F)C1. The second-order valence-electron chi connectivity index (χ2n) is 5.69. The number of hydrogen-bond donors (Lipinski definition) is 1. The lowest BCUT2D eigenvalue weighted by Crippen LogP contribution is -2.38. The molecule has 1 aliphatic rings. The van der Waals surface area contributed by atoms with Gasteiger partial charge in [0.15, 0.2) is 0 Å². The molecule has 5 nitrogen and oxygen atoms in total. The third-order valence-corrected chi connectivity index (χ3v) is 5.38. The van der Waals surface area contributed by atoms with Crippen LogP contribution in [0.3, 0.4) is 0 Å². The maximum Gasteiger partial charge on any atom is 0.501 e. The maximum absolute atomic E-state index is 13.4. The molecule has 1 saturated heterocycles. The van der Waals surface area contributed by atoms with E-state index in [1.54, 1.807) is 0 Å². The van der Waals surface area contributed by atoms with E-state index in [9.17, 15) is 30.8 Å². The summed E-state index contributed by atoms with van der Waals surface area (Å²) in [4.78, 5) is 11.3. The molecule has 1 fully saturated rings. The summed E-state index contributed by atoms with van der Waals surface area (Å²) in [6, 6.07) is 2.29. The molecular weight excluding hydrogens is 352 g/mol. The molecule has 1 atom stereocenters. The number of amides is 1. The van der Waals surface area contributed by atoms with Gasteiger partial charge in [0.05, 0.1) is 5.69 Å². The number of rotatable bonds is 4. The van der Waals surface area contributed by atoms with Crippen LogP contribution in [0.15, 0.2) is 23.1 Å². The van der Waals surface area contributed by atoms with Crippen molar-refractivity contribution in [1.29, 1.82) is 0 Å². The number of carbonyl (C=O) groups excluding carboxylic acids is 1. The monoisotopic (exact) mass is 368 g/mol. The van der Waals surface area contributed by atoms with Gasteiger partial charge in [-0.25, -0.2) is 12.8 Å². The Bertz CT molecular complexity index is 734. The van der Waals surface area contributed by atoms with Gasteiger partial charge in [0, 0.05) is 19.5 Å². The van der Waals surface area contributed by atoms with E-state index in [0.717, 1.165) is 12.1 Å². The first-order valence-corrected chi connectivity index (χ1v) is 8.65. The van der Waals surface area contributed by atoms with E-state index in [1.807, 2.05) is 0 Å². The summed E-state index contributed by atoms with van der Waals surface area (Å²) < 4.78 is 75.4.